The highest BCUT2D eigenvalue weighted by molar-refractivity contribution is 5.81. The first kappa shape index (κ1) is 20.9. The third-order valence-electron chi connectivity index (χ3n) is 3.02. The molecule has 0 saturated carbocycles. The normalized spacial score (nSPS) is 14.1. The van der Waals surface area contributed by atoms with Gasteiger partial charge in [0.15, 0.2) is 0 Å². The molecule has 0 heterocycles. The van der Waals surface area contributed by atoms with Gasteiger partial charge >= 0.3 is 0 Å². The summed E-state index contributed by atoms with van der Waals surface area (Å²) in [6.07, 6.45) is 0.480. The minimum absolute atomic E-state index is 0.123. The molecule has 8 nitrogen and oxygen atoms in total. The first-order chi connectivity index (χ1) is 10.6. The van der Waals surface area contributed by atoms with Crippen LogP contribution in [0.2, 0.25) is 0 Å². The Kier molecular flexibility index (Phi) is 9.60. The van der Waals surface area contributed by atoms with Gasteiger partial charge in [-0.1, -0.05) is 0 Å². The maximum Gasteiger partial charge on any atom is 0.222 e. The SMILES string of the molecule is CNC(=O)CC(C)NC(=O)CC(C)NC(=O)CC(C)NC(C)=O. The summed E-state index contributed by atoms with van der Waals surface area (Å²) in [6, 6.07) is -0.870. The van der Waals surface area contributed by atoms with Crippen LogP contribution in [0, 0.1) is 0 Å². The third-order valence-corrected chi connectivity index (χ3v) is 3.02. The summed E-state index contributed by atoms with van der Waals surface area (Å²) in [4.78, 5) is 45.7. The Balaban J connectivity index is 4.10. The van der Waals surface area contributed by atoms with E-state index in [4.69, 9.17) is 0 Å². The fourth-order valence-corrected chi connectivity index (χ4v) is 2.10. The summed E-state index contributed by atoms with van der Waals surface area (Å²) in [5.74, 6) is -0.803. The lowest BCUT2D eigenvalue weighted by atomic mass is 10.1. The van der Waals surface area contributed by atoms with Crippen LogP contribution in [0.4, 0.5) is 0 Å². The van der Waals surface area contributed by atoms with E-state index in [-0.39, 0.29) is 61.0 Å². The maximum absolute atomic E-state index is 11.8. The highest BCUT2D eigenvalue weighted by Gasteiger charge is 2.16. The predicted octanol–water partition coefficient (Wildman–Crippen LogP) is -0.563. The van der Waals surface area contributed by atoms with E-state index in [9.17, 15) is 19.2 Å². The number of carbonyl (C=O) groups excluding carboxylic acids is 4. The van der Waals surface area contributed by atoms with Crippen LogP contribution in [0.3, 0.4) is 0 Å². The Labute approximate surface area is 137 Å². The molecule has 132 valence electrons. The molecule has 0 aliphatic heterocycles. The summed E-state index contributed by atoms with van der Waals surface area (Å²) in [6.45, 7) is 6.59. The third kappa shape index (κ3) is 11.1. The van der Waals surface area contributed by atoms with E-state index in [1.807, 2.05) is 0 Å². The van der Waals surface area contributed by atoms with Crippen molar-refractivity contribution in [2.75, 3.05) is 7.05 Å². The molecule has 0 aromatic carbocycles. The number of hydrogen-bond donors (Lipinski definition) is 4. The second-order valence-electron chi connectivity index (χ2n) is 5.82. The molecule has 0 aromatic heterocycles. The van der Waals surface area contributed by atoms with E-state index in [0.717, 1.165) is 0 Å². The van der Waals surface area contributed by atoms with E-state index in [2.05, 4.69) is 21.3 Å². The van der Waals surface area contributed by atoms with Gasteiger partial charge in [0.1, 0.15) is 0 Å². The smallest absolute Gasteiger partial charge is 0.222 e. The molecule has 8 heteroatoms. The van der Waals surface area contributed by atoms with E-state index in [1.54, 1.807) is 20.8 Å². The maximum atomic E-state index is 11.8. The monoisotopic (exact) mass is 328 g/mol. The zero-order valence-corrected chi connectivity index (χ0v) is 14.5. The second kappa shape index (κ2) is 10.6. The van der Waals surface area contributed by atoms with Crippen molar-refractivity contribution in [3.8, 4) is 0 Å². The molecule has 0 bridgehead atoms. The fourth-order valence-electron chi connectivity index (χ4n) is 2.10. The van der Waals surface area contributed by atoms with Gasteiger partial charge in [-0.25, -0.2) is 0 Å². The van der Waals surface area contributed by atoms with Crippen molar-refractivity contribution in [3.05, 3.63) is 0 Å². The van der Waals surface area contributed by atoms with Gasteiger partial charge in [0, 0.05) is 51.4 Å². The summed E-state index contributed by atoms with van der Waals surface area (Å²) in [5.41, 5.74) is 0. The summed E-state index contributed by atoms with van der Waals surface area (Å²) < 4.78 is 0. The lowest BCUT2D eigenvalue weighted by molar-refractivity contribution is -0.124. The van der Waals surface area contributed by atoms with E-state index < -0.39 is 0 Å². The molecule has 3 unspecified atom stereocenters. The summed E-state index contributed by atoms with van der Waals surface area (Å²) in [7, 11) is 1.54. The van der Waals surface area contributed by atoms with Gasteiger partial charge in [-0.3, -0.25) is 19.2 Å². The summed E-state index contributed by atoms with van der Waals surface area (Å²) >= 11 is 0. The number of hydrogen-bond acceptors (Lipinski definition) is 4. The fraction of sp³-hybridized carbons (Fsp3) is 0.733. The number of carbonyl (C=O) groups is 4. The average Bonchev–Trinajstić information content (AvgIpc) is 2.35. The van der Waals surface area contributed by atoms with Crippen LogP contribution in [0.15, 0.2) is 0 Å². The van der Waals surface area contributed by atoms with Crippen LogP contribution in [0.1, 0.15) is 47.0 Å². The Morgan fingerprint density at radius 2 is 1.04 bits per heavy atom. The predicted molar refractivity (Wildman–Crippen MR) is 86.4 cm³/mol. The van der Waals surface area contributed by atoms with Crippen molar-refractivity contribution < 1.29 is 19.2 Å². The quantitative estimate of drug-likeness (QED) is 0.454. The molecular formula is C15H28N4O4. The molecular weight excluding hydrogens is 300 g/mol. The molecule has 0 aliphatic carbocycles. The average molecular weight is 328 g/mol. The van der Waals surface area contributed by atoms with Crippen LogP contribution in [0.25, 0.3) is 0 Å². The highest BCUT2D eigenvalue weighted by Crippen LogP contribution is 1.97. The summed E-state index contributed by atoms with van der Waals surface area (Å²) in [5, 5.41) is 10.5. The van der Waals surface area contributed by atoms with Crippen molar-refractivity contribution in [1.82, 2.24) is 21.3 Å². The standard InChI is InChI=1S/C15H28N4O4/c1-9(17-12(4)20)7-14(22)19-11(3)8-15(23)18-10(2)6-13(21)16-5/h9-11H,6-8H2,1-5H3,(H,16,21)(H,17,20)(H,18,23)(H,19,22). The molecule has 4 amide bonds. The number of rotatable bonds is 9. The Bertz CT molecular complexity index is 439. The molecule has 3 atom stereocenters. The molecule has 0 spiro atoms. The minimum Gasteiger partial charge on any atom is -0.359 e. The van der Waals surface area contributed by atoms with Gasteiger partial charge < -0.3 is 21.3 Å². The second-order valence-corrected chi connectivity index (χ2v) is 5.82. The Morgan fingerprint density at radius 3 is 1.39 bits per heavy atom. The van der Waals surface area contributed by atoms with Crippen LogP contribution in [0.5, 0.6) is 0 Å². The van der Waals surface area contributed by atoms with Gasteiger partial charge in [-0.15, -0.1) is 0 Å². The van der Waals surface area contributed by atoms with Crippen molar-refractivity contribution in [2.24, 2.45) is 0 Å². The van der Waals surface area contributed by atoms with Gasteiger partial charge in [0.2, 0.25) is 23.6 Å². The van der Waals surface area contributed by atoms with Gasteiger partial charge in [-0.05, 0) is 20.8 Å². The molecule has 4 N–H and O–H groups in total. The molecule has 0 aromatic rings. The van der Waals surface area contributed by atoms with Crippen molar-refractivity contribution >= 4 is 23.6 Å². The highest BCUT2D eigenvalue weighted by atomic mass is 16.2. The van der Waals surface area contributed by atoms with Crippen molar-refractivity contribution in [2.45, 2.75) is 65.1 Å². The van der Waals surface area contributed by atoms with Crippen LogP contribution >= 0.6 is 0 Å². The Morgan fingerprint density at radius 1 is 0.696 bits per heavy atom. The van der Waals surface area contributed by atoms with Crippen molar-refractivity contribution in [3.63, 3.8) is 0 Å². The number of nitrogens with one attached hydrogen (secondary N) is 4. The molecule has 0 radical (unpaired) electrons. The zero-order valence-electron chi connectivity index (χ0n) is 14.5. The van der Waals surface area contributed by atoms with E-state index in [0.29, 0.717) is 0 Å². The minimum atomic E-state index is -0.334. The molecule has 0 aliphatic rings. The topological polar surface area (TPSA) is 116 Å². The Hall–Kier alpha value is -2.12. The molecule has 23 heavy (non-hydrogen) atoms. The van der Waals surface area contributed by atoms with Crippen molar-refractivity contribution in [1.29, 1.82) is 0 Å². The number of amides is 4. The van der Waals surface area contributed by atoms with Crippen LogP contribution < -0.4 is 21.3 Å². The lowest BCUT2D eigenvalue weighted by Gasteiger charge is -2.18. The van der Waals surface area contributed by atoms with E-state index >= 15 is 0 Å². The lowest BCUT2D eigenvalue weighted by Crippen LogP contribution is -2.42. The molecule has 0 saturated heterocycles. The first-order valence-electron chi connectivity index (χ1n) is 7.70. The largest absolute Gasteiger partial charge is 0.359 e. The molecule has 0 rings (SSSR count). The van der Waals surface area contributed by atoms with E-state index in [1.165, 1.54) is 14.0 Å². The molecule has 0 fully saturated rings. The zero-order chi connectivity index (χ0) is 18.0. The van der Waals surface area contributed by atoms with Crippen LogP contribution in [-0.4, -0.2) is 48.8 Å². The first-order valence-corrected chi connectivity index (χ1v) is 7.70. The van der Waals surface area contributed by atoms with Crippen LogP contribution in [-0.2, 0) is 19.2 Å². The van der Waals surface area contributed by atoms with Gasteiger partial charge in [0.25, 0.3) is 0 Å². The van der Waals surface area contributed by atoms with Gasteiger partial charge in [0.05, 0.1) is 0 Å². The van der Waals surface area contributed by atoms with Gasteiger partial charge in [-0.2, -0.15) is 0 Å².